The number of hydrogen-bond acceptors (Lipinski definition) is 1. The molecule has 74 valence electrons. The van der Waals surface area contributed by atoms with Gasteiger partial charge in [0.15, 0.2) is 0 Å². The first-order chi connectivity index (χ1) is 6.65. The molecule has 1 aromatic carbocycles. The van der Waals surface area contributed by atoms with E-state index in [0.29, 0.717) is 0 Å². The minimum Gasteiger partial charge on any atom is -0.356 e. The molecule has 2 heteroatoms. The summed E-state index contributed by atoms with van der Waals surface area (Å²) in [4.78, 5) is 11.1. The smallest absolute Gasteiger partial charge is 0.244 e. The fourth-order valence-electron chi connectivity index (χ4n) is 1.36. The Kier molecular flexibility index (Phi) is 3.46. The molecule has 1 N–H and O–H groups in total. The van der Waals surface area contributed by atoms with E-state index in [0.717, 1.165) is 11.1 Å². The molecule has 0 aliphatic rings. The molecule has 0 aromatic heterocycles. The quantitative estimate of drug-likeness (QED) is 0.709. The lowest BCUT2D eigenvalue weighted by Crippen LogP contribution is -2.14. The maximum absolute atomic E-state index is 11.1. The second-order valence-corrected chi connectivity index (χ2v) is 3.26. The Balaban J connectivity index is 3.00. The van der Waals surface area contributed by atoms with Gasteiger partial charge in [0.1, 0.15) is 0 Å². The lowest BCUT2D eigenvalue weighted by atomic mass is 10.0. The molecule has 1 aromatic rings. The fourth-order valence-corrected chi connectivity index (χ4v) is 1.36. The molecule has 2 nitrogen and oxygen atoms in total. The van der Waals surface area contributed by atoms with Crippen molar-refractivity contribution in [3.8, 4) is 0 Å². The standard InChI is InChI=1S/C12H15NO/c1-9-6-4-5-7-11(9)10(2)8-12(14)13-3/h4-8H,1-3H3,(H,13,14)/b10-8+. The Morgan fingerprint density at radius 2 is 2.00 bits per heavy atom. The summed E-state index contributed by atoms with van der Waals surface area (Å²) in [6.07, 6.45) is 1.61. The minimum absolute atomic E-state index is 0.0641. The van der Waals surface area contributed by atoms with Crippen molar-refractivity contribution in [2.45, 2.75) is 13.8 Å². The predicted molar refractivity (Wildman–Crippen MR) is 58.9 cm³/mol. The van der Waals surface area contributed by atoms with Gasteiger partial charge in [-0.2, -0.15) is 0 Å². The van der Waals surface area contributed by atoms with Gasteiger partial charge in [-0.3, -0.25) is 4.79 Å². The van der Waals surface area contributed by atoms with Crippen LogP contribution in [0.2, 0.25) is 0 Å². The predicted octanol–water partition coefficient (Wildman–Crippen LogP) is 2.14. The highest BCUT2D eigenvalue weighted by Gasteiger charge is 2.00. The summed E-state index contributed by atoms with van der Waals surface area (Å²) in [6, 6.07) is 8.02. The Bertz CT molecular complexity index is 366. The number of allylic oxidation sites excluding steroid dienone is 1. The third kappa shape index (κ3) is 2.46. The van der Waals surface area contributed by atoms with Gasteiger partial charge >= 0.3 is 0 Å². The van der Waals surface area contributed by atoms with E-state index < -0.39 is 0 Å². The zero-order valence-electron chi connectivity index (χ0n) is 8.79. The normalized spacial score (nSPS) is 11.2. The highest BCUT2D eigenvalue weighted by atomic mass is 16.1. The first-order valence-corrected chi connectivity index (χ1v) is 4.61. The van der Waals surface area contributed by atoms with Crippen molar-refractivity contribution in [1.29, 1.82) is 0 Å². The summed E-state index contributed by atoms with van der Waals surface area (Å²) >= 11 is 0. The van der Waals surface area contributed by atoms with E-state index in [1.165, 1.54) is 5.56 Å². The summed E-state index contributed by atoms with van der Waals surface area (Å²) in [5, 5.41) is 2.57. The van der Waals surface area contributed by atoms with Gasteiger partial charge in [0, 0.05) is 13.1 Å². The van der Waals surface area contributed by atoms with Crippen LogP contribution >= 0.6 is 0 Å². The highest BCUT2D eigenvalue weighted by Crippen LogP contribution is 2.17. The zero-order chi connectivity index (χ0) is 10.6. The van der Waals surface area contributed by atoms with Gasteiger partial charge in [-0.1, -0.05) is 24.3 Å². The van der Waals surface area contributed by atoms with Gasteiger partial charge in [-0.15, -0.1) is 0 Å². The number of aryl methyl sites for hydroxylation is 1. The molecule has 0 radical (unpaired) electrons. The van der Waals surface area contributed by atoms with E-state index in [9.17, 15) is 4.79 Å². The zero-order valence-corrected chi connectivity index (χ0v) is 8.79. The number of amides is 1. The van der Waals surface area contributed by atoms with Crippen LogP contribution in [0.1, 0.15) is 18.1 Å². The van der Waals surface area contributed by atoms with Crippen LogP contribution in [-0.4, -0.2) is 13.0 Å². The average molecular weight is 189 g/mol. The van der Waals surface area contributed by atoms with Crippen LogP contribution in [0.5, 0.6) is 0 Å². The van der Waals surface area contributed by atoms with Gasteiger partial charge < -0.3 is 5.32 Å². The number of carbonyl (C=O) groups is 1. The monoisotopic (exact) mass is 189 g/mol. The van der Waals surface area contributed by atoms with Crippen molar-refractivity contribution < 1.29 is 4.79 Å². The molecule has 0 heterocycles. The van der Waals surface area contributed by atoms with Crippen LogP contribution in [-0.2, 0) is 4.79 Å². The van der Waals surface area contributed by atoms with Crippen LogP contribution in [0.25, 0.3) is 5.57 Å². The van der Waals surface area contributed by atoms with Crippen molar-refractivity contribution in [2.24, 2.45) is 0 Å². The van der Waals surface area contributed by atoms with E-state index >= 15 is 0 Å². The topological polar surface area (TPSA) is 29.1 Å². The third-order valence-electron chi connectivity index (χ3n) is 2.16. The van der Waals surface area contributed by atoms with E-state index in [4.69, 9.17) is 0 Å². The lowest BCUT2D eigenvalue weighted by molar-refractivity contribution is -0.116. The first kappa shape index (κ1) is 10.5. The van der Waals surface area contributed by atoms with Gasteiger partial charge in [0.2, 0.25) is 5.91 Å². The summed E-state index contributed by atoms with van der Waals surface area (Å²) in [5.74, 6) is -0.0641. The summed E-state index contributed by atoms with van der Waals surface area (Å²) in [5.41, 5.74) is 3.30. The molecular weight excluding hydrogens is 174 g/mol. The molecule has 0 bridgehead atoms. The molecule has 0 saturated carbocycles. The van der Waals surface area contributed by atoms with E-state index in [-0.39, 0.29) is 5.91 Å². The van der Waals surface area contributed by atoms with Gasteiger partial charge in [-0.25, -0.2) is 0 Å². The second kappa shape index (κ2) is 4.61. The van der Waals surface area contributed by atoms with Crippen LogP contribution in [0.15, 0.2) is 30.3 Å². The highest BCUT2D eigenvalue weighted by molar-refractivity contribution is 5.94. The van der Waals surface area contributed by atoms with Crippen LogP contribution in [0, 0.1) is 6.92 Å². The number of benzene rings is 1. The summed E-state index contributed by atoms with van der Waals surface area (Å²) < 4.78 is 0. The molecule has 0 spiro atoms. The van der Waals surface area contributed by atoms with E-state index in [2.05, 4.69) is 5.32 Å². The summed E-state index contributed by atoms with van der Waals surface area (Å²) in [6.45, 7) is 3.98. The van der Waals surface area contributed by atoms with E-state index in [1.807, 2.05) is 38.1 Å². The summed E-state index contributed by atoms with van der Waals surface area (Å²) in [7, 11) is 1.63. The van der Waals surface area contributed by atoms with Crippen molar-refractivity contribution in [2.75, 3.05) is 7.05 Å². The number of likely N-dealkylation sites (N-methyl/N-ethyl adjacent to an activating group) is 1. The van der Waals surface area contributed by atoms with Gasteiger partial charge in [0.25, 0.3) is 0 Å². The van der Waals surface area contributed by atoms with Crippen molar-refractivity contribution in [1.82, 2.24) is 5.32 Å². The molecule has 0 saturated heterocycles. The molecule has 0 aliphatic carbocycles. The Hall–Kier alpha value is -1.57. The second-order valence-electron chi connectivity index (χ2n) is 3.26. The van der Waals surface area contributed by atoms with Gasteiger partial charge in [-0.05, 0) is 30.5 Å². The number of hydrogen-bond donors (Lipinski definition) is 1. The van der Waals surface area contributed by atoms with Crippen LogP contribution in [0.4, 0.5) is 0 Å². The number of carbonyl (C=O) groups excluding carboxylic acids is 1. The van der Waals surface area contributed by atoms with Crippen molar-refractivity contribution in [3.05, 3.63) is 41.5 Å². The Labute approximate surface area is 84.6 Å². The molecule has 1 rings (SSSR count). The SMILES string of the molecule is CNC(=O)/C=C(\C)c1ccccc1C. The minimum atomic E-state index is -0.0641. The van der Waals surface area contributed by atoms with Crippen LogP contribution in [0.3, 0.4) is 0 Å². The first-order valence-electron chi connectivity index (χ1n) is 4.61. The van der Waals surface area contributed by atoms with E-state index in [1.54, 1.807) is 13.1 Å². The number of nitrogens with one attached hydrogen (secondary N) is 1. The lowest BCUT2D eigenvalue weighted by Gasteiger charge is -2.04. The maximum atomic E-state index is 11.1. The number of rotatable bonds is 2. The molecule has 1 amide bonds. The molecule has 14 heavy (non-hydrogen) atoms. The largest absolute Gasteiger partial charge is 0.356 e. The van der Waals surface area contributed by atoms with Crippen molar-refractivity contribution in [3.63, 3.8) is 0 Å². The molecule has 0 atom stereocenters. The molecule has 0 fully saturated rings. The Morgan fingerprint density at radius 1 is 1.36 bits per heavy atom. The fraction of sp³-hybridized carbons (Fsp3) is 0.250. The third-order valence-corrected chi connectivity index (χ3v) is 2.16. The van der Waals surface area contributed by atoms with Crippen molar-refractivity contribution >= 4 is 11.5 Å². The van der Waals surface area contributed by atoms with Crippen LogP contribution < -0.4 is 5.32 Å². The van der Waals surface area contributed by atoms with Gasteiger partial charge in [0.05, 0.1) is 0 Å². The molecule has 0 aliphatic heterocycles. The Morgan fingerprint density at radius 3 is 2.57 bits per heavy atom. The molecule has 0 unspecified atom stereocenters. The molecular formula is C12H15NO. The average Bonchev–Trinajstić information content (AvgIpc) is 2.18. The maximum Gasteiger partial charge on any atom is 0.244 e.